The second kappa shape index (κ2) is 11.2. The first-order valence-electron chi connectivity index (χ1n) is 11.5. The number of carbonyl (C=O) groups is 1. The fraction of sp³-hybridized carbons (Fsp3) is 0.360. The van der Waals surface area contributed by atoms with Gasteiger partial charge in [-0.1, -0.05) is 35.9 Å². The summed E-state index contributed by atoms with van der Waals surface area (Å²) in [4.78, 5) is 14.9. The van der Waals surface area contributed by atoms with Crippen LogP contribution in [0.4, 0.5) is 13.2 Å². The van der Waals surface area contributed by atoms with Crippen molar-refractivity contribution in [3.8, 4) is 17.3 Å². The van der Waals surface area contributed by atoms with Gasteiger partial charge >= 0.3 is 6.18 Å². The van der Waals surface area contributed by atoms with Crippen molar-refractivity contribution in [2.75, 3.05) is 33.4 Å². The molecule has 0 aliphatic carbocycles. The molecular formula is C25H26ClF3N4O3. The highest BCUT2D eigenvalue weighted by Gasteiger charge is 2.36. The molecule has 0 spiro atoms. The number of likely N-dealkylation sites (tertiary alicyclic amines) is 1. The summed E-state index contributed by atoms with van der Waals surface area (Å²) in [5, 5.41) is 6.65. The molecule has 11 heteroatoms. The third-order valence-electron chi connectivity index (χ3n) is 5.97. The Morgan fingerprint density at radius 1 is 1.14 bits per heavy atom. The van der Waals surface area contributed by atoms with Gasteiger partial charge in [-0.05, 0) is 55.8 Å². The molecule has 1 aliphatic heterocycles. The Balaban J connectivity index is 1.45. The lowest BCUT2D eigenvalue weighted by Crippen LogP contribution is -2.38. The van der Waals surface area contributed by atoms with E-state index in [1.54, 1.807) is 19.2 Å². The molecule has 1 amide bonds. The summed E-state index contributed by atoms with van der Waals surface area (Å²) in [6.07, 6.45) is -2.53. The van der Waals surface area contributed by atoms with Crippen LogP contribution in [0, 0.1) is 0 Å². The first-order valence-corrected chi connectivity index (χ1v) is 11.8. The lowest BCUT2D eigenvalue weighted by atomic mass is 10.1. The average molecular weight is 523 g/mol. The zero-order valence-electron chi connectivity index (χ0n) is 19.6. The molecule has 3 aromatic rings. The highest BCUT2D eigenvalue weighted by molar-refractivity contribution is 6.32. The van der Waals surface area contributed by atoms with E-state index in [4.69, 9.17) is 21.1 Å². The summed E-state index contributed by atoms with van der Waals surface area (Å²) in [5.41, 5.74) is 0.0932. The molecule has 1 atom stereocenters. The van der Waals surface area contributed by atoms with Gasteiger partial charge < -0.3 is 14.8 Å². The van der Waals surface area contributed by atoms with Crippen LogP contribution in [0.2, 0.25) is 5.02 Å². The Morgan fingerprint density at radius 3 is 2.47 bits per heavy atom. The molecular weight excluding hydrogens is 497 g/mol. The number of nitrogens with one attached hydrogen (secondary N) is 1. The van der Waals surface area contributed by atoms with Crippen molar-refractivity contribution in [1.82, 2.24) is 20.0 Å². The minimum atomic E-state index is -4.69. The predicted octanol–water partition coefficient (Wildman–Crippen LogP) is 4.89. The maximum atomic E-state index is 13.3. The highest BCUT2D eigenvalue weighted by atomic mass is 35.5. The lowest BCUT2D eigenvalue weighted by molar-refractivity contribution is -0.141. The molecule has 4 rings (SSSR count). The Hall–Kier alpha value is -3.24. The number of hydrogen-bond donors (Lipinski definition) is 1. The smallest absolute Gasteiger partial charge is 0.435 e. The number of ether oxygens (including phenoxy) is 2. The van der Waals surface area contributed by atoms with Crippen molar-refractivity contribution >= 4 is 17.5 Å². The van der Waals surface area contributed by atoms with Crippen LogP contribution < -0.4 is 14.8 Å². The molecule has 1 aliphatic rings. The SMILES string of the molecule is COc1ccc(C(CNC(=O)COc2cc(C(F)(F)F)nn2-c2ccccc2Cl)N2CCCC2)cc1. The number of rotatable bonds is 9. The molecule has 7 nitrogen and oxygen atoms in total. The number of benzene rings is 2. The van der Waals surface area contributed by atoms with Crippen LogP contribution >= 0.6 is 11.6 Å². The molecule has 1 fully saturated rings. The van der Waals surface area contributed by atoms with Crippen molar-refractivity contribution in [1.29, 1.82) is 0 Å². The van der Waals surface area contributed by atoms with Gasteiger partial charge in [0.1, 0.15) is 5.75 Å². The van der Waals surface area contributed by atoms with E-state index >= 15 is 0 Å². The van der Waals surface area contributed by atoms with Crippen molar-refractivity contribution < 1.29 is 27.4 Å². The number of methoxy groups -OCH3 is 1. The van der Waals surface area contributed by atoms with Gasteiger partial charge in [-0.3, -0.25) is 9.69 Å². The van der Waals surface area contributed by atoms with Crippen LogP contribution in [-0.2, 0) is 11.0 Å². The molecule has 0 radical (unpaired) electrons. The topological polar surface area (TPSA) is 68.6 Å². The number of carbonyl (C=O) groups excluding carboxylic acids is 1. The van der Waals surface area contributed by atoms with E-state index in [0.29, 0.717) is 6.54 Å². The lowest BCUT2D eigenvalue weighted by Gasteiger charge is -2.28. The van der Waals surface area contributed by atoms with E-state index in [-0.39, 0.29) is 22.6 Å². The van der Waals surface area contributed by atoms with Gasteiger partial charge in [-0.15, -0.1) is 0 Å². The van der Waals surface area contributed by atoms with Gasteiger partial charge in [0.15, 0.2) is 12.3 Å². The zero-order chi connectivity index (χ0) is 25.7. The van der Waals surface area contributed by atoms with Gasteiger partial charge in [0, 0.05) is 12.6 Å². The molecule has 192 valence electrons. The second-order valence-electron chi connectivity index (χ2n) is 8.35. The minimum absolute atomic E-state index is 0.0483. The first-order chi connectivity index (χ1) is 17.3. The summed E-state index contributed by atoms with van der Waals surface area (Å²) >= 11 is 6.15. The fourth-order valence-corrected chi connectivity index (χ4v) is 4.36. The van der Waals surface area contributed by atoms with Crippen LogP contribution in [0.5, 0.6) is 11.6 Å². The number of aromatic nitrogens is 2. The number of hydrogen-bond acceptors (Lipinski definition) is 5. The Bertz CT molecular complexity index is 1180. The Kier molecular flexibility index (Phi) is 8.05. The molecule has 2 aromatic carbocycles. The van der Waals surface area contributed by atoms with Crippen LogP contribution in [0.1, 0.15) is 30.1 Å². The summed E-state index contributed by atoms with van der Waals surface area (Å²) in [7, 11) is 1.60. The Morgan fingerprint density at radius 2 is 1.83 bits per heavy atom. The summed E-state index contributed by atoms with van der Waals surface area (Å²) in [6, 6.07) is 14.7. The maximum Gasteiger partial charge on any atom is 0.435 e. The van der Waals surface area contributed by atoms with Crippen molar-refractivity contribution in [3.05, 3.63) is 70.9 Å². The normalized spacial score (nSPS) is 15.0. The molecule has 1 saturated heterocycles. The third kappa shape index (κ3) is 6.11. The molecule has 1 aromatic heterocycles. The van der Waals surface area contributed by atoms with Crippen molar-refractivity contribution in [2.45, 2.75) is 25.1 Å². The zero-order valence-corrected chi connectivity index (χ0v) is 20.4. The van der Waals surface area contributed by atoms with Gasteiger partial charge in [0.25, 0.3) is 5.91 Å². The molecule has 0 saturated carbocycles. The number of alkyl halides is 3. The largest absolute Gasteiger partial charge is 0.497 e. The number of nitrogens with zero attached hydrogens (tertiary/aromatic N) is 3. The number of para-hydroxylation sites is 1. The van der Waals surface area contributed by atoms with E-state index in [0.717, 1.165) is 48.0 Å². The van der Waals surface area contributed by atoms with Gasteiger partial charge in [-0.2, -0.15) is 23.0 Å². The van der Waals surface area contributed by atoms with E-state index in [9.17, 15) is 18.0 Å². The summed E-state index contributed by atoms with van der Waals surface area (Å²) in [6.45, 7) is 1.68. The van der Waals surface area contributed by atoms with Crippen LogP contribution in [-0.4, -0.2) is 53.9 Å². The van der Waals surface area contributed by atoms with Crippen molar-refractivity contribution in [2.24, 2.45) is 0 Å². The monoisotopic (exact) mass is 522 g/mol. The molecule has 2 heterocycles. The standard InChI is InChI=1S/C25H26ClF3N4O3/c1-35-18-10-8-17(9-11-18)21(32-12-4-5-13-32)15-30-23(34)16-36-24-14-22(25(27,28)29)31-33(24)20-7-3-2-6-19(20)26/h2-3,6-11,14,21H,4-5,12-13,15-16H2,1H3,(H,30,34). The minimum Gasteiger partial charge on any atom is -0.497 e. The van der Waals surface area contributed by atoms with E-state index in [1.165, 1.54) is 12.1 Å². The van der Waals surface area contributed by atoms with Crippen LogP contribution in [0.15, 0.2) is 54.6 Å². The number of halogens is 4. The quantitative estimate of drug-likeness (QED) is 0.433. The van der Waals surface area contributed by atoms with Crippen LogP contribution in [0.25, 0.3) is 5.69 Å². The van der Waals surface area contributed by atoms with E-state index in [1.807, 2.05) is 24.3 Å². The first kappa shape index (κ1) is 25.8. The third-order valence-corrected chi connectivity index (χ3v) is 6.29. The maximum absolute atomic E-state index is 13.3. The van der Waals surface area contributed by atoms with Crippen LogP contribution in [0.3, 0.4) is 0 Å². The second-order valence-corrected chi connectivity index (χ2v) is 8.76. The van der Waals surface area contributed by atoms with Crippen molar-refractivity contribution in [3.63, 3.8) is 0 Å². The van der Waals surface area contributed by atoms with Gasteiger partial charge in [0.2, 0.25) is 5.88 Å². The average Bonchev–Trinajstić information content (AvgIpc) is 3.54. The molecule has 1 unspecified atom stereocenters. The number of amides is 1. The Labute approximate surface area is 211 Å². The van der Waals surface area contributed by atoms with E-state index in [2.05, 4.69) is 15.3 Å². The fourth-order valence-electron chi connectivity index (χ4n) is 4.14. The molecule has 0 bridgehead atoms. The summed E-state index contributed by atoms with van der Waals surface area (Å²) in [5.74, 6) is 0.0368. The highest BCUT2D eigenvalue weighted by Crippen LogP contribution is 2.33. The summed E-state index contributed by atoms with van der Waals surface area (Å²) < 4.78 is 51.6. The van der Waals surface area contributed by atoms with Gasteiger partial charge in [-0.25, -0.2) is 0 Å². The molecule has 1 N–H and O–H groups in total. The van der Waals surface area contributed by atoms with Gasteiger partial charge in [0.05, 0.1) is 23.9 Å². The molecule has 36 heavy (non-hydrogen) atoms. The van der Waals surface area contributed by atoms with E-state index < -0.39 is 24.4 Å². The predicted molar refractivity (Wildman–Crippen MR) is 129 cm³/mol.